The second kappa shape index (κ2) is 11.7. The third-order valence-corrected chi connectivity index (χ3v) is 7.00. The summed E-state index contributed by atoms with van der Waals surface area (Å²) in [5, 5.41) is 2.14. The molecule has 0 saturated heterocycles. The summed E-state index contributed by atoms with van der Waals surface area (Å²) in [6.45, 7) is 0. The van der Waals surface area contributed by atoms with Crippen molar-refractivity contribution in [2.24, 2.45) is 0 Å². The van der Waals surface area contributed by atoms with Gasteiger partial charge < -0.3 is 4.98 Å². The van der Waals surface area contributed by atoms with E-state index in [0.717, 1.165) is 32.9 Å². The molecule has 40 heavy (non-hydrogen) atoms. The van der Waals surface area contributed by atoms with Crippen LogP contribution in [0.2, 0.25) is 0 Å². The molecule has 6 aromatic carbocycles. The van der Waals surface area contributed by atoms with Gasteiger partial charge in [-0.25, -0.2) is 4.39 Å². The van der Waals surface area contributed by atoms with E-state index < -0.39 is 0 Å². The topological polar surface area (TPSA) is 15.8 Å². The Morgan fingerprint density at radius 2 is 0.875 bits per heavy atom. The highest BCUT2D eigenvalue weighted by Crippen LogP contribution is 2.37. The van der Waals surface area contributed by atoms with Crippen molar-refractivity contribution in [2.45, 2.75) is 0 Å². The van der Waals surface area contributed by atoms with Crippen LogP contribution in [-0.2, 0) is 0 Å². The van der Waals surface area contributed by atoms with Crippen LogP contribution < -0.4 is 0 Å². The molecule has 0 bridgehead atoms. The molecule has 7 aromatic rings. The van der Waals surface area contributed by atoms with E-state index in [1.165, 1.54) is 11.1 Å². The summed E-state index contributed by atoms with van der Waals surface area (Å²) in [5.74, 6) is -0.227. The van der Waals surface area contributed by atoms with Gasteiger partial charge in [0.15, 0.2) is 0 Å². The van der Waals surface area contributed by atoms with Crippen molar-refractivity contribution in [1.29, 1.82) is 0 Å². The first kappa shape index (κ1) is 25.1. The number of nitrogens with one attached hydrogen (secondary N) is 1. The van der Waals surface area contributed by atoms with E-state index in [0.29, 0.717) is 11.1 Å². The summed E-state index contributed by atoms with van der Waals surface area (Å²) in [6, 6.07) is 54.1. The van der Waals surface area contributed by atoms with Crippen molar-refractivity contribution >= 4 is 33.2 Å². The number of benzene rings is 6. The molecule has 7 rings (SSSR count). The van der Waals surface area contributed by atoms with Crippen LogP contribution in [0.1, 0.15) is 16.7 Å². The Morgan fingerprint density at radius 3 is 1.43 bits per heavy atom. The molecular formula is C38H28FN. The number of aromatic amines is 1. The van der Waals surface area contributed by atoms with E-state index in [1.807, 2.05) is 109 Å². The molecule has 0 spiro atoms. The van der Waals surface area contributed by atoms with Crippen molar-refractivity contribution in [3.05, 3.63) is 180 Å². The summed E-state index contributed by atoms with van der Waals surface area (Å²) < 4.78 is 16.1. The Morgan fingerprint density at radius 1 is 0.425 bits per heavy atom. The quantitative estimate of drug-likeness (QED) is 0.224. The Bertz CT molecular complexity index is 1790. The fourth-order valence-electron chi connectivity index (χ4n) is 5.08. The maximum absolute atomic E-state index is 16.1. The van der Waals surface area contributed by atoms with E-state index in [2.05, 4.69) is 59.6 Å². The lowest BCUT2D eigenvalue weighted by molar-refractivity contribution is 0.763. The van der Waals surface area contributed by atoms with Crippen molar-refractivity contribution in [3.63, 3.8) is 0 Å². The van der Waals surface area contributed by atoms with Gasteiger partial charge in [-0.15, -0.1) is 0 Å². The van der Waals surface area contributed by atoms with Gasteiger partial charge in [0.2, 0.25) is 0 Å². The van der Waals surface area contributed by atoms with Gasteiger partial charge in [-0.1, -0.05) is 152 Å². The fourth-order valence-corrected chi connectivity index (χ4v) is 5.08. The highest BCUT2D eigenvalue weighted by atomic mass is 19.1. The summed E-state index contributed by atoms with van der Waals surface area (Å²) in [5.41, 5.74) is 7.29. The molecule has 0 fully saturated rings. The minimum Gasteiger partial charge on any atom is -0.354 e. The Kier molecular flexibility index (Phi) is 7.32. The molecule has 1 aromatic heterocycles. The highest BCUT2D eigenvalue weighted by Gasteiger charge is 2.17. The van der Waals surface area contributed by atoms with Gasteiger partial charge >= 0.3 is 0 Å². The lowest BCUT2D eigenvalue weighted by Crippen LogP contribution is -1.92. The average molecular weight is 518 g/mol. The van der Waals surface area contributed by atoms with Crippen LogP contribution in [0.25, 0.3) is 44.3 Å². The Hall–Kier alpha value is -5.21. The zero-order chi connectivity index (χ0) is 27.1. The van der Waals surface area contributed by atoms with Gasteiger partial charge in [-0.2, -0.15) is 0 Å². The fraction of sp³-hybridized carbons (Fsp3) is 0. The van der Waals surface area contributed by atoms with Crippen LogP contribution in [0.3, 0.4) is 0 Å². The van der Waals surface area contributed by atoms with Crippen LogP contribution in [0.4, 0.5) is 4.39 Å². The number of hydrogen-bond donors (Lipinski definition) is 1. The van der Waals surface area contributed by atoms with E-state index >= 15 is 4.39 Å². The van der Waals surface area contributed by atoms with E-state index in [-0.39, 0.29) is 5.83 Å². The van der Waals surface area contributed by atoms with E-state index in [9.17, 15) is 0 Å². The van der Waals surface area contributed by atoms with Gasteiger partial charge in [0, 0.05) is 27.4 Å². The minimum absolute atomic E-state index is 0.227. The standard InChI is InChI=1S/C26H18FN.C12H10/c27-25(24(18-10-3-1-4-11-18)19-12-5-2-6-13-19)22-16-9-15-21-20-14-7-8-17-23(20)28-26(21)22;1-3-7-11(8-4-1)12-9-5-2-6-10-12/h1-17,28H;1-10H. The molecule has 1 heterocycles. The monoisotopic (exact) mass is 517 g/mol. The minimum atomic E-state index is -0.227. The molecule has 1 nitrogen and oxygen atoms in total. The lowest BCUT2D eigenvalue weighted by Gasteiger charge is -2.12. The van der Waals surface area contributed by atoms with Crippen molar-refractivity contribution in [1.82, 2.24) is 4.98 Å². The maximum atomic E-state index is 16.1. The molecule has 0 atom stereocenters. The lowest BCUT2D eigenvalue weighted by atomic mass is 9.94. The Balaban J connectivity index is 0.000000201. The van der Waals surface area contributed by atoms with Crippen LogP contribution in [0, 0.1) is 0 Å². The van der Waals surface area contributed by atoms with Crippen LogP contribution in [0.5, 0.6) is 0 Å². The van der Waals surface area contributed by atoms with Crippen molar-refractivity contribution in [3.8, 4) is 11.1 Å². The Labute approximate surface area is 233 Å². The molecule has 2 heteroatoms. The first-order valence-electron chi connectivity index (χ1n) is 13.4. The van der Waals surface area contributed by atoms with Gasteiger partial charge in [0.05, 0.1) is 5.52 Å². The number of halogens is 1. The number of H-pyrrole nitrogens is 1. The molecule has 1 N–H and O–H groups in total. The maximum Gasteiger partial charge on any atom is 0.140 e. The van der Waals surface area contributed by atoms with Gasteiger partial charge in [0.1, 0.15) is 5.83 Å². The van der Waals surface area contributed by atoms with Gasteiger partial charge in [-0.3, -0.25) is 0 Å². The SMILES string of the molecule is FC(=C(c1ccccc1)c1ccccc1)c1cccc2c1[nH]c1ccccc12.c1ccc(-c2ccccc2)cc1. The van der Waals surface area contributed by atoms with E-state index in [1.54, 1.807) is 0 Å². The molecule has 0 unspecified atom stereocenters. The molecule has 0 aliphatic heterocycles. The zero-order valence-corrected chi connectivity index (χ0v) is 22.0. The summed E-state index contributed by atoms with van der Waals surface area (Å²) in [6.07, 6.45) is 0. The third-order valence-electron chi connectivity index (χ3n) is 7.00. The van der Waals surface area contributed by atoms with Crippen LogP contribution in [-0.4, -0.2) is 4.98 Å². The van der Waals surface area contributed by atoms with E-state index in [4.69, 9.17) is 0 Å². The molecular weight excluding hydrogens is 489 g/mol. The number of fused-ring (bicyclic) bond motifs is 3. The van der Waals surface area contributed by atoms with Crippen LogP contribution >= 0.6 is 0 Å². The van der Waals surface area contributed by atoms with Crippen LogP contribution in [0.15, 0.2) is 164 Å². The molecule has 0 radical (unpaired) electrons. The summed E-state index contributed by atoms with van der Waals surface area (Å²) in [4.78, 5) is 3.41. The predicted molar refractivity (Wildman–Crippen MR) is 168 cm³/mol. The zero-order valence-electron chi connectivity index (χ0n) is 22.0. The molecule has 0 saturated carbocycles. The highest BCUT2D eigenvalue weighted by molar-refractivity contribution is 6.12. The summed E-state index contributed by atoms with van der Waals surface area (Å²) >= 11 is 0. The normalized spacial score (nSPS) is 10.6. The smallest absolute Gasteiger partial charge is 0.140 e. The predicted octanol–water partition coefficient (Wildman–Crippen LogP) is 10.6. The number of hydrogen-bond acceptors (Lipinski definition) is 0. The largest absolute Gasteiger partial charge is 0.354 e. The number of aromatic nitrogens is 1. The number of rotatable bonds is 4. The molecule has 192 valence electrons. The first-order valence-corrected chi connectivity index (χ1v) is 13.4. The van der Waals surface area contributed by atoms with Gasteiger partial charge in [-0.05, 0) is 34.4 Å². The second-order valence-corrected chi connectivity index (χ2v) is 9.55. The van der Waals surface area contributed by atoms with Gasteiger partial charge in [0.25, 0.3) is 0 Å². The van der Waals surface area contributed by atoms with Crippen molar-refractivity contribution in [2.75, 3.05) is 0 Å². The van der Waals surface area contributed by atoms with Crippen molar-refractivity contribution < 1.29 is 4.39 Å². The second-order valence-electron chi connectivity index (χ2n) is 9.55. The average Bonchev–Trinajstić information content (AvgIpc) is 3.42. The molecule has 0 aliphatic carbocycles. The first-order chi connectivity index (χ1) is 19.8. The third kappa shape index (κ3) is 5.21. The molecule has 0 amide bonds. The number of para-hydroxylation sites is 2. The molecule has 0 aliphatic rings. The summed E-state index contributed by atoms with van der Waals surface area (Å²) in [7, 11) is 0.